The molecule has 2 aromatic rings. The van der Waals surface area contributed by atoms with Crippen LogP contribution in [-0.2, 0) is 0 Å². The molecule has 0 amide bonds. The fourth-order valence-corrected chi connectivity index (χ4v) is 2.78. The molecule has 50 valence electrons. The van der Waals surface area contributed by atoms with Crippen LogP contribution < -0.4 is 0 Å². The van der Waals surface area contributed by atoms with Crippen LogP contribution >= 0.6 is 0 Å². The van der Waals surface area contributed by atoms with Gasteiger partial charge in [-0.1, -0.05) is 0 Å². The molecular weight excluding hydrogens is 189 g/mol. The van der Waals surface area contributed by atoms with Crippen LogP contribution in [0.4, 0.5) is 0 Å². The quantitative estimate of drug-likeness (QED) is 0.583. The van der Waals surface area contributed by atoms with Crippen LogP contribution in [0.25, 0.3) is 9.78 Å². The molecule has 0 unspecified atom stereocenters. The summed E-state index contributed by atoms with van der Waals surface area (Å²) >= 11 is 0.511. The molecule has 0 aliphatic carbocycles. The van der Waals surface area contributed by atoms with Crippen molar-refractivity contribution < 1.29 is 0 Å². The normalized spacial score (nSPS) is 10.5. The second-order valence-corrected chi connectivity index (χ2v) is 4.85. The molecule has 2 heteroatoms. The van der Waals surface area contributed by atoms with Gasteiger partial charge in [0.25, 0.3) is 0 Å². The van der Waals surface area contributed by atoms with Crippen molar-refractivity contribution in [3.8, 4) is 0 Å². The first-order valence-electron chi connectivity index (χ1n) is 3.17. The van der Waals surface area contributed by atoms with E-state index >= 15 is 0 Å². The summed E-state index contributed by atoms with van der Waals surface area (Å²) in [5.74, 6) is 0. The number of pyridine rings is 1. The summed E-state index contributed by atoms with van der Waals surface area (Å²) in [4.78, 5) is 4.29. The van der Waals surface area contributed by atoms with Gasteiger partial charge in [-0.3, -0.25) is 0 Å². The Morgan fingerprint density at radius 2 is 2.40 bits per heavy atom. The average Bonchev–Trinajstić information content (AvgIpc) is 2.27. The van der Waals surface area contributed by atoms with Crippen LogP contribution in [0, 0.1) is 6.92 Å². The topological polar surface area (TPSA) is 12.9 Å². The Kier molecular flexibility index (Phi) is 1.37. The monoisotopic (exact) mass is 197 g/mol. The van der Waals surface area contributed by atoms with Crippen LogP contribution in [0.1, 0.15) is 4.44 Å². The maximum atomic E-state index is 4.29. The molecule has 0 N–H and O–H groups in total. The van der Waals surface area contributed by atoms with Crippen LogP contribution in [-0.4, -0.2) is 19.5 Å². The Balaban J connectivity index is 2.88. The first-order chi connectivity index (χ1) is 4.86. The van der Waals surface area contributed by atoms with Crippen molar-refractivity contribution in [1.29, 1.82) is 0 Å². The van der Waals surface area contributed by atoms with E-state index in [0.29, 0.717) is 14.5 Å². The summed E-state index contributed by atoms with van der Waals surface area (Å²) in [5.41, 5.74) is 0. The molecule has 2 heterocycles. The minimum atomic E-state index is 0.511. The molecule has 0 aliphatic heterocycles. The van der Waals surface area contributed by atoms with Crippen molar-refractivity contribution in [3.05, 3.63) is 28.8 Å². The zero-order valence-corrected chi connectivity index (χ0v) is 7.38. The summed E-state index contributed by atoms with van der Waals surface area (Å²) in [6.45, 7) is 2.17. The number of rotatable bonds is 0. The minimum absolute atomic E-state index is 0.511. The first-order valence-corrected chi connectivity index (χ1v) is 4.89. The number of nitrogens with zero attached hydrogens (tertiary/aromatic N) is 1. The second-order valence-electron chi connectivity index (χ2n) is 2.25. The van der Waals surface area contributed by atoms with Gasteiger partial charge >= 0.3 is 65.0 Å². The fraction of sp³-hybridized carbons (Fsp3) is 0.125. The molecule has 0 saturated carbocycles. The van der Waals surface area contributed by atoms with Gasteiger partial charge in [0.15, 0.2) is 0 Å². The van der Waals surface area contributed by atoms with Gasteiger partial charge < -0.3 is 0 Å². The number of hydrogen-bond donors (Lipinski definition) is 0. The van der Waals surface area contributed by atoms with Crippen molar-refractivity contribution in [2.24, 2.45) is 0 Å². The molecule has 0 radical (unpaired) electrons. The van der Waals surface area contributed by atoms with Gasteiger partial charge in [0.1, 0.15) is 0 Å². The van der Waals surface area contributed by atoms with Crippen LogP contribution in [0.15, 0.2) is 24.4 Å². The van der Waals surface area contributed by atoms with Gasteiger partial charge in [-0.05, 0) is 0 Å². The van der Waals surface area contributed by atoms with E-state index in [-0.39, 0.29) is 0 Å². The van der Waals surface area contributed by atoms with E-state index in [0.717, 1.165) is 0 Å². The van der Waals surface area contributed by atoms with Crippen molar-refractivity contribution in [1.82, 2.24) is 4.98 Å². The molecule has 0 bridgehead atoms. The van der Waals surface area contributed by atoms with Crippen molar-refractivity contribution >= 4 is 24.3 Å². The standard InChI is InChI=1S/C8H7NSe/c1-6-5-7-3-2-4-9-8(7)10-6/h2-5H,1H3. The zero-order chi connectivity index (χ0) is 6.97. The van der Waals surface area contributed by atoms with E-state index in [4.69, 9.17) is 0 Å². The molecule has 0 saturated heterocycles. The Morgan fingerprint density at radius 3 is 3.20 bits per heavy atom. The molecule has 0 fully saturated rings. The molecule has 2 rings (SSSR count). The van der Waals surface area contributed by atoms with Gasteiger partial charge in [0.05, 0.1) is 0 Å². The Morgan fingerprint density at radius 1 is 1.50 bits per heavy atom. The third-order valence-corrected chi connectivity index (χ3v) is 3.46. The van der Waals surface area contributed by atoms with E-state index in [1.165, 1.54) is 14.2 Å². The maximum absolute atomic E-state index is 4.29. The van der Waals surface area contributed by atoms with Gasteiger partial charge in [0, 0.05) is 0 Å². The zero-order valence-electron chi connectivity index (χ0n) is 5.66. The summed E-state index contributed by atoms with van der Waals surface area (Å²) in [6.07, 6.45) is 1.87. The summed E-state index contributed by atoms with van der Waals surface area (Å²) in [7, 11) is 0. The van der Waals surface area contributed by atoms with Crippen molar-refractivity contribution in [2.75, 3.05) is 0 Å². The van der Waals surface area contributed by atoms with E-state index in [2.05, 4.69) is 24.0 Å². The number of fused-ring (bicyclic) bond motifs is 1. The average molecular weight is 196 g/mol. The van der Waals surface area contributed by atoms with Crippen LogP contribution in [0.2, 0.25) is 0 Å². The van der Waals surface area contributed by atoms with Crippen molar-refractivity contribution in [3.63, 3.8) is 0 Å². The van der Waals surface area contributed by atoms with Gasteiger partial charge in [0.2, 0.25) is 0 Å². The van der Waals surface area contributed by atoms with Gasteiger partial charge in [-0.25, -0.2) is 0 Å². The third-order valence-electron chi connectivity index (χ3n) is 1.42. The van der Waals surface area contributed by atoms with Gasteiger partial charge in [-0.15, -0.1) is 0 Å². The van der Waals surface area contributed by atoms with E-state index < -0.39 is 0 Å². The Labute approximate surface area is 65.5 Å². The molecular formula is C8H7NSe. The molecule has 0 spiro atoms. The SMILES string of the molecule is Cc1cc2cccnc2[se]1. The molecule has 2 aromatic heterocycles. The number of aryl methyl sites for hydroxylation is 1. The number of aromatic nitrogens is 1. The van der Waals surface area contributed by atoms with E-state index in [9.17, 15) is 0 Å². The summed E-state index contributed by atoms with van der Waals surface area (Å²) < 4.78 is 2.76. The predicted molar refractivity (Wildman–Crippen MR) is 43.4 cm³/mol. The van der Waals surface area contributed by atoms with Crippen molar-refractivity contribution in [2.45, 2.75) is 6.92 Å². The summed E-state index contributed by atoms with van der Waals surface area (Å²) in [5, 5.41) is 1.32. The fourth-order valence-electron chi connectivity index (χ4n) is 0.999. The molecule has 0 aliphatic rings. The number of hydrogen-bond acceptors (Lipinski definition) is 1. The second kappa shape index (κ2) is 2.22. The van der Waals surface area contributed by atoms with E-state index in [1.807, 2.05) is 12.3 Å². The molecule has 1 nitrogen and oxygen atoms in total. The predicted octanol–water partition coefficient (Wildman–Crippen LogP) is 1.60. The Bertz CT molecular complexity index is 318. The third kappa shape index (κ3) is 0.898. The Hall–Kier alpha value is -0.591. The van der Waals surface area contributed by atoms with Gasteiger partial charge in [-0.2, -0.15) is 0 Å². The molecule has 0 atom stereocenters. The van der Waals surface area contributed by atoms with E-state index in [1.54, 1.807) is 0 Å². The van der Waals surface area contributed by atoms with Crippen LogP contribution in [0.5, 0.6) is 0 Å². The first kappa shape index (κ1) is 6.14. The molecule has 10 heavy (non-hydrogen) atoms. The van der Waals surface area contributed by atoms with Crippen LogP contribution in [0.3, 0.4) is 0 Å². The summed E-state index contributed by atoms with van der Waals surface area (Å²) in [6, 6.07) is 6.34. The molecule has 0 aromatic carbocycles.